The summed E-state index contributed by atoms with van der Waals surface area (Å²) in [6.07, 6.45) is 14.3. The Kier molecular flexibility index (Phi) is 7.69. The van der Waals surface area contributed by atoms with Crippen molar-refractivity contribution >= 4 is 6.21 Å². The predicted octanol–water partition coefficient (Wildman–Crippen LogP) is 3.33. The van der Waals surface area contributed by atoms with Crippen LogP contribution >= 0.6 is 0 Å². The molecule has 0 saturated carbocycles. The summed E-state index contributed by atoms with van der Waals surface area (Å²) in [5, 5.41) is 9.98. The Labute approximate surface area is 91.9 Å². The van der Waals surface area contributed by atoms with Crippen molar-refractivity contribution in [2.45, 2.75) is 13.8 Å². The lowest BCUT2D eigenvalue weighted by Crippen LogP contribution is -2.02. The Balaban J connectivity index is 4.31. The molecule has 0 heterocycles. The van der Waals surface area contributed by atoms with Crippen molar-refractivity contribution in [3.63, 3.8) is 0 Å². The van der Waals surface area contributed by atoms with E-state index in [-0.39, 0.29) is 0 Å². The van der Waals surface area contributed by atoms with E-state index < -0.39 is 0 Å². The smallest absolute Gasteiger partial charge is 0.0389 e. The highest BCUT2D eigenvalue weighted by Gasteiger charge is 1.85. The molecule has 0 spiro atoms. The molecule has 0 aliphatic carbocycles. The molecule has 0 aliphatic heterocycles. The van der Waals surface area contributed by atoms with Gasteiger partial charge in [-0.3, -0.25) is 0 Å². The van der Waals surface area contributed by atoms with Crippen molar-refractivity contribution in [2.75, 3.05) is 0 Å². The van der Waals surface area contributed by atoms with Gasteiger partial charge in [-0.1, -0.05) is 30.9 Å². The first-order valence-electron chi connectivity index (χ1n) is 4.80. The van der Waals surface area contributed by atoms with Crippen LogP contribution in [0.5, 0.6) is 0 Å². The van der Waals surface area contributed by atoms with Crippen molar-refractivity contribution < 1.29 is 0 Å². The van der Waals surface area contributed by atoms with Crippen LogP contribution in [0.2, 0.25) is 0 Å². The third kappa shape index (κ3) is 7.26. The summed E-state index contributed by atoms with van der Waals surface area (Å²) in [6, 6.07) is 0. The van der Waals surface area contributed by atoms with Gasteiger partial charge in [-0.25, -0.2) is 0 Å². The minimum atomic E-state index is 0.809. The topological polar surface area (TPSA) is 35.9 Å². The van der Waals surface area contributed by atoms with Gasteiger partial charge in [0, 0.05) is 18.1 Å². The fourth-order valence-corrected chi connectivity index (χ4v) is 0.829. The van der Waals surface area contributed by atoms with Gasteiger partial charge in [0.15, 0.2) is 0 Å². The summed E-state index contributed by atoms with van der Waals surface area (Å²) in [7, 11) is 0. The van der Waals surface area contributed by atoms with Gasteiger partial charge in [-0.15, -0.1) is 0 Å². The second-order valence-electron chi connectivity index (χ2n) is 2.91. The molecule has 2 heteroatoms. The molecule has 0 atom stereocenters. The first kappa shape index (κ1) is 13.2. The molecule has 0 aromatic carbocycles. The van der Waals surface area contributed by atoms with Crippen LogP contribution in [-0.2, 0) is 0 Å². The molecule has 0 fully saturated rings. The Morgan fingerprint density at radius 3 is 2.60 bits per heavy atom. The number of allylic oxidation sites excluding steroid dienone is 7. The quantitative estimate of drug-likeness (QED) is 0.503. The molecule has 2 nitrogen and oxygen atoms in total. The lowest BCUT2D eigenvalue weighted by Gasteiger charge is -2.00. The van der Waals surface area contributed by atoms with Gasteiger partial charge in [-0.05, 0) is 31.6 Å². The maximum atomic E-state index is 6.92. The lowest BCUT2D eigenvalue weighted by molar-refractivity contribution is 1.10. The molecule has 2 N–H and O–H groups in total. The van der Waals surface area contributed by atoms with Gasteiger partial charge in [0.05, 0.1) is 0 Å². The normalized spacial score (nSPS) is 13.5. The van der Waals surface area contributed by atoms with Crippen molar-refractivity contribution in [1.82, 2.24) is 5.32 Å². The van der Waals surface area contributed by atoms with Crippen LogP contribution < -0.4 is 5.32 Å². The molecule has 0 unspecified atom stereocenters. The van der Waals surface area contributed by atoms with Crippen molar-refractivity contribution in [2.24, 2.45) is 0 Å². The molecule has 0 rings (SSSR count). The molecule has 0 radical (unpaired) electrons. The number of hydrogen-bond acceptors (Lipinski definition) is 2. The van der Waals surface area contributed by atoms with Crippen LogP contribution in [0.1, 0.15) is 13.8 Å². The van der Waals surface area contributed by atoms with Gasteiger partial charge in [0.1, 0.15) is 0 Å². The molecule has 0 bridgehead atoms. The maximum absolute atomic E-state index is 6.92. The molecular formula is C13H18N2. The average Bonchev–Trinajstić information content (AvgIpc) is 2.24. The standard InChI is InChI=1S/C13H18N2/c1-4-6-7-8-12(3)11-15-13(5-2)9-10-14/h4-11,14-15H,2H2,1,3H3/b6-4-,8-7-,12-11+,13-9+,14-10?. The molecule has 15 heavy (non-hydrogen) atoms. The highest BCUT2D eigenvalue weighted by atomic mass is 14.8. The number of hydrogen-bond donors (Lipinski definition) is 2. The van der Waals surface area contributed by atoms with Crippen LogP contribution in [0.3, 0.4) is 0 Å². The number of nitrogens with one attached hydrogen (secondary N) is 2. The van der Waals surface area contributed by atoms with Crippen LogP contribution in [-0.4, -0.2) is 6.21 Å². The van der Waals surface area contributed by atoms with E-state index in [1.54, 1.807) is 12.2 Å². The van der Waals surface area contributed by atoms with Gasteiger partial charge in [0.25, 0.3) is 0 Å². The molecule has 0 aromatic heterocycles. The Hall–Kier alpha value is -1.83. The molecular weight excluding hydrogens is 184 g/mol. The number of rotatable bonds is 6. The first-order chi connectivity index (χ1) is 7.24. The zero-order valence-corrected chi connectivity index (χ0v) is 9.33. The van der Waals surface area contributed by atoms with Crippen molar-refractivity contribution in [3.8, 4) is 0 Å². The average molecular weight is 202 g/mol. The minimum Gasteiger partial charge on any atom is -0.361 e. The molecule has 0 saturated heterocycles. The monoisotopic (exact) mass is 202 g/mol. The largest absolute Gasteiger partial charge is 0.361 e. The van der Waals surface area contributed by atoms with E-state index in [9.17, 15) is 0 Å². The zero-order chi connectivity index (χ0) is 11.5. The van der Waals surface area contributed by atoms with Gasteiger partial charge in [0.2, 0.25) is 0 Å². The van der Waals surface area contributed by atoms with Crippen LogP contribution in [0, 0.1) is 5.41 Å². The summed E-state index contributed by atoms with van der Waals surface area (Å²) in [5.74, 6) is 0. The third-order valence-corrected chi connectivity index (χ3v) is 1.61. The highest BCUT2D eigenvalue weighted by molar-refractivity contribution is 5.69. The fourth-order valence-electron chi connectivity index (χ4n) is 0.829. The van der Waals surface area contributed by atoms with E-state index in [2.05, 4.69) is 11.9 Å². The lowest BCUT2D eigenvalue weighted by atomic mass is 10.3. The summed E-state index contributed by atoms with van der Waals surface area (Å²) >= 11 is 0. The van der Waals surface area contributed by atoms with E-state index in [0.717, 1.165) is 11.3 Å². The second-order valence-corrected chi connectivity index (χ2v) is 2.91. The summed E-state index contributed by atoms with van der Waals surface area (Å²) in [5.41, 5.74) is 1.91. The minimum absolute atomic E-state index is 0.809. The summed E-state index contributed by atoms with van der Waals surface area (Å²) in [6.45, 7) is 7.62. The summed E-state index contributed by atoms with van der Waals surface area (Å²) in [4.78, 5) is 0. The Morgan fingerprint density at radius 1 is 1.33 bits per heavy atom. The second kappa shape index (κ2) is 8.75. The third-order valence-electron chi connectivity index (χ3n) is 1.61. The van der Waals surface area contributed by atoms with E-state index in [1.165, 1.54) is 6.21 Å². The molecule has 80 valence electrons. The van der Waals surface area contributed by atoms with Crippen molar-refractivity contribution in [3.05, 3.63) is 60.5 Å². The van der Waals surface area contributed by atoms with Crippen LogP contribution in [0.25, 0.3) is 0 Å². The predicted molar refractivity (Wildman–Crippen MR) is 67.9 cm³/mol. The van der Waals surface area contributed by atoms with E-state index >= 15 is 0 Å². The van der Waals surface area contributed by atoms with E-state index in [0.29, 0.717) is 0 Å². The van der Waals surface area contributed by atoms with E-state index in [1.807, 2.05) is 44.4 Å². The Morgan fingerprint density at radius 2 is 2.07 bits per heavy atom. The summed E-state index contributed by atoms with van der Waals surface area (Å²) < 4.78 is 0. The molecule has 0 aliphatic rings. The maximum Gasteiger partial charge on any atom is 0.0389 e. The van der Waals surface area contributed by atoms with Gasteiger partial charge >= 0.3 is 0 Å². The Bertz CT molecular complexity index is 317. The van der Waals surface area contributed by atoms with Crippen LogP contribution in [0.15, 0.2) is 60.5 Å². The SMILES string of the molecule is C=C/C(=C\C=N)N/C=C(C)/C=C\C=C/C. The fraction of sp³-hybridized carbons (Fsp3) is 0.154. The zero-order valence-electron chi connectivity index (χ0n) is 9.33. The first-order valence-corrected chi connectivity index (χ1v) is 4.80. The molecule has 0 aromatic rings. The van der Waals surface area contributed by atoms with Gasteiger partial charge < -0.3 is 10.7 Å². The van der Waals surface area contributed by atoms with E-state index in [4.69, 9.17) is 5.41 Å². The van der Waals surface area contributed by atoms with Gasteiger partial charge in [-0.2, -0.15) is 0 Å². The van der Waals surface area contributed by atoms with Crippen LogP contribution in [0.4, 0.5) is 0 Å². The molecule has 0 amide bonds. The highest BCUT2D eigenvalue weighted by Crippen LogP contribution is 1.96. The van der Waals surface area contributed by atoms with Crippen molar-refractivity contribution in [1.29, 1.82) is 5.41 Å².